The number of hydrogen-bond acceptors (Lipinski definition) is 2. The highest BCUT2D eigenvalue weighted by Crippen LogP contribution is 2.19. The third-order valence-electron chi connectivity index (χ3n) is 3.41. The molecule has 1 aromatic heterocycles. The van der Waals surface area contributed by atoms with Gasteiger partial charge in [0.15, 0.2) is 0 Å². The summed E-state index contributed by atoms with van der Waals surface area (Å²) in [5, 5.41) is 12.3. The lowest BCUT2D eigenvalue weighted by Gasteiger charge is -2.09. The summed E-state index contributed by atoms with van der Waals surface area (Å²) in [6.07, 6.45) is 0. The molecule has 0 atom stereocenters. The number of anilines is 1. The van der Waals surface area contributed by atoms with Crippen molar-refractivity contribution in [2.24, 2.45) is 7.05 Å². The van der Waals surface area contributed by atoms with Crippen molar-refractivity contribution in [1.82, 2.24) is 4.57 Å². The second kappa shape index (κ2) is 5.15. The summed E-state index contributed by atoms with van der Waals surface area (Å²) in [4.78, 5) is 0. The maximum atomic E-state index is 13.0. The van der Waals surface area contributed by atoms with Gasteiger partial charge in [-0.1, -0.05) is 0 Å². The number of nitriles is 1. The highest BCUT2D eigenvalue weighted by atomic mass is 19.1. The van der Waals surface area contributed by atoms with E-state index in [1.807, 2.05) is 31.5 Å². The van der Waals surface area contributed by atoms with Crippen LogP contribution in [0.15, 0.2) is 24.3 Å². The average molecular weight is 257 g/mol. The minimum absolute atomic E-state index is 0.231. The van der Waals surface area contributed by atoms with Gasteiger partial charge in [0.2, 0.25) is 0 Å². The Balaban J connectivity index is 2.17. The van der Waals surface area contributed by atoms with Crippen LogP contribution in [-0.4, -0.2) is 4.57 Å². The van der Waals surface area contributed by atoms with Crippen LogP contribution in [0, 0.1) is 31.0 Å². The lowest BCUT2D eigenvalue weighted by molar-refractivity contribution is 0.627. The summed E-state index contributed by atoms with van der Waals surface area (Å²) in [5.74, 6) is -0.231. The molecular formula is C15H16FN3. The van der Waals surface area contributed by atoms with Crippen LogP contribution in [0.4, 0.5) is 10.1 Å². The molecule has 2 aromatic rings. The fraction of sp³-hybridized carbons (Fsp3) is 0.267. The molecule has 0 fully saturated rings. The van der Waals surface area contributed by atoms with Crippen molar-refractivity contribution in [3.63, 3.8) is 0 Å². The summed E-state index contributed by atoms with van der Waals surface area (Å²) in [6, 6.07) is 8.70. The number of nitrogens with one attached hydrogen (secondary N) is 1. The third-order valence-corrected chi connectivity index (χ3v) is 3.41. The van der Waals surface area contributed by atoms with Gasteiger partial charge in [-0.15, -0.1) is 0 Å². The van der Waals surface area contributed by atoms with Crippen LogP contribution in [0.5, 0.6) is 0 Å². The predicted molar refractivity (Wildman–Crippen MR) is 73.3 cm³/mol. The summed E-state index contributed by atoms with van der Waals surface area (Å²) in [7, 11) is 1.88. The van der Waals surface area contributed by atoms with Crippen molar-refractivity contribution in [2.45, 2.75) is 20.4 Å². The van der Waals surface area contributed by atoms with Gasteiger partial charge in [0.25, 0.3) is 0 Å². The van der Waals surface area contributed by atoms with Crippen molar-refractivity contribution in [3.05, 3.63) is 52.6 Å². The maximum Gasteiger partial charge on any atom is 0.123 e. The van der Waals surface area contributed by atoms with Gasteiger partial charge >= 0.3 is 0 Å². The summed E-state index contributed by atoms with van der Waals surface area (Å²) in [6.45, 7) is 4.47. The van der Waals surface area contributed by atoms with E-state index < -0.39 is 0 Å². The molecule has 0 saturated carbocycles. The number of aryl methyl sites for hydroxylation is 1. The second-order valence-electron chi connectivity index (χ2n) is 4.62. The van der Waals surface area contributed by atoms with Crippen molar-refractivity contribution in [1.29, 1.82) is 5.26 Å². The quantitative estimate of drug-likeness (QED) is 0.916. The molecule has 0 saturated heterocycles. The van der Waals surface area contributed by atoms with E-state index in [0.29, 0.717) is 12.2 Å². The summed E-state index contributed by atoms with van der Waals surface area (Å²) in [5.41, 5.74) is 4.55. The fourth-order valence-electron chi connectivity index (χ4n) is 2.06. The Morgan fingerprint density at radius 2 is 2.05 bits per heavy atom. The molecule has 4 heteroatoms. The largest absolute Gasteiger partial charge is 0.381 e. The molecule has 0 bridgehead atoms. The van der Waals surface area contributed by atoms with E-state index in [-0.39, 0.29) is 5.82 Å². The van der Waals surface area contributed by atoms with Gasteiger partial charge in [-0.3, -0.25) is 0 Å². The van der Waals surface area contributed by atoms with Crippen LogP contribution < -0.4 is 5.32 Å². The Morgan fingerprint density at radius 1 is 1.32 bits per heavy atom. The van der Waals surface area contributed by atoms with Crippen LogP contribution >= 0.6 is 0 Å². The minimum atomic E-state index is -0.231. The summed E-state index contributed by atoms with van der Waals surface area (Å²) >= 11 is 0. The lowest BCUT2D eigenvalue weighted by atomic mass is 10.2. The SMILES string of the molecule is Cc1cc(F)ccc1NCc1cc(C#N)n(C)c1C. The molecular weight excluding hydrogens is 241 g/mol. The van der Waals surface area contributed by atoms with Gasteiger partial charge in [0.05, 0.1) is 0 Å². The highest BCUT2D eigenvalue weighted by molar-refractivity contribution is 5.51. The summed E-state index contributed by atoms with van der Waals surface area (Å²) < 4.78 is 14.9. The molecule has 1 N–H and O–H groups in total. The van der Waals surface area contributed by atoms with Gasteiger partial charge in [-0.25, -0.2) is 4.39 Å². The van der Waals surface area contributed by atoms with Gasteiger partial charge in [0.1, 0.15) is 17.6 Å². The molecule has 0 unspecified atom stereocenters. The zero-order valence-corrected chi connectivity index (χ0v) is 11.3. The van der Waals surface area contributed by atoms with Crippen LogP contribution in [-0.2, 0) is 13.6 Å². The van der Waals surface area contributed by atoms with E-state index in [1.165, 1.54) is 12.1 Å². The van der Waals surface area contributed by atoms with Crippen molar-refractivity contribution < 1.29 is 4.39 Å². The molecule has 2 rings (SSSR count). The normalized spacial score (nSPS) is 10.3. The Bertz CT molecular complexity index is 650. The van der Waals surface area contributed by atoms with Crippen molar-refractivity contribution in [3.8, 4) is 6.07 Å². The Hall–Kier alpha value is -2.28. The molecule has 3 nitrogen and oxygen atoms in total. The maximum absolute atomic E-state index is 13.0. The third kappa shape index (κ3) is 2.60. The number of rotatable bonds is 3. The molecule has 0 amide bonds. The molecule has 98 valence electrons. The van der Waals surface area contributed by atoms with E-state index in [0.717, 1.165) is 22.5 Å². The zero-order chi connectivity index (χ0) is 14.0. The number of halogens is 1. The Kier molecular flexibility index (Phi) is 3.57. The van der Waals surface area contributed by atoms with Crippen LogP contribution in [0.1, 0.15) is 22.5 Å². The molecule has 1 heterocycles. The van der Waals surface area contributed by atoms with Crippen LogP contribution in [0.25, 0.3) is 0 Å². The topological polar surface area (TPSA) is 40.8 Å². The molecule has 0 radical (unpaired) electrons. The first-order chi connectivity index (χ1) is 9.02. The number of hydrogen-bond donors (Lipinski definition) is 1. The first kappa shape index (κ1) is 13.2. The Morgan fingerprint density at radius 3 is 2.63 bits per heavy atom. The van der Waals surface area contributed by atoms with E-state index in [4.69, 9.17) is 5.26 Å². The van der Waals surface area contributed by atoms with Crippen molar-refractivity contribution in [2.75, 3.05) is 5.32 Å². The van der Waals surface area contributed by atoms with Gasteiger partial charge in [0, 0.05) is 25.0 Å². The lowest BCUT2D eigenvalue weighted by Crippen LogP contribution is -2.03. The van der Waals surface area contributed by atoms with E-state index in [1.54, 1.807) is 6.07 Å². The molecule has 0 spiro atoms. The predicted octanol–water partition coefficient (Wildman–Crippen LogP) is 3.26. The standard InChI is InChI=1S/C15H16FN3/c1-10-6-13(16)4-5-15(10)18-9-12-7-14(8-17)19(3)11(12)2/h4-7,18H,9H2,1-3H3. The first-order valence-corrected chi connectivity index (χ1v) is 6.08. The minimum Gasteiger partial charge on any atom is -0.381 e. The van der Waals surface area contributed by atoms with Crippen LogP contribution in [0.2, 0.25) is 0 Å². The average Bonchev–Trinajstić information content (AvgIpc) is 2.65. The molecule has 0 aliphatic rings. The monoisotopic (exact) mass is 257 g/mol. The van der Waals surface area contributed by atoms with Gasteiger partial charge < -0.3 is 9.88 Å². The smallest absolute Gasteiger partial charge is 0.123 e. The zero-order valence-electron chi connectivity index (χ0n) is 11.3. The number of aromatic nitrogens is 1. The Labute approximate surface area is 112 Å². The molecule has 0 aliphatic heterocycles. The van der Waals surface area contributed by atoms with Crippen molar-refractivity contribution >= 4 is 5.69 Å². The van der Waals surface area contributed by atoms with E-state index in [9.17, 15) is 4.39 Å². The van der Waals surface area contributed by atoms with Gasteiger partial charge in [-0.05, 0) is 49.2 Å². The van der Waals surface area contributed by atoms with Crippen LogP contribution in [0.3, 0.4) is 0 Å². The van der Waals surface area contributed by atoms with E-state index >= 15 is 0 Å². The van der Waals surface area contributed by atoms with Gasteiger partial charge in [-0.2, -0.15) is 5.26 Å². The number of benzene rings is 1. The second-order valence-corrected chi connectivity index (χ2v) is 4.62. The highest BCUT2D eigenvalue weighted by Gasteiger charge is 2.08. The number of nitrogens with zero attached hydrogens (tertiary/aromatic N) is 2. The first-order valence-electron chi connectivity index (χ1n) is 6.08. The molecule has 1 aromatic carbocycles. The molecule has 0 aliphatic carbocycles. The molecule has 19 heavy (non-hydrogen) atoms. The fourth-order valence-corrected chi connectivity index (χ4v) is 2.06. The van der Waals surface area contributed by atoms with E-state index in [2.05, 4.69) is 11.4 Å².